The number of carbonyl (C=O) groups excluding carboxylic acids is 13. The number of ether oxygens (including phenoxy) is 13. The maximum atomic E-state index is 12.9. The minimum atomic E-state index is -1.40. The van der Waals surface area contributed by atoms with Crippen molar-refractivity contribution in [1.82, 2.24) is 0 Å². The molecule has 0 unspecified atom stereocenters. The summed E-state index contributed by atoms with van der Waals surface area (Å²) < 4.78 is 69.3. The van der Waals surface area contributed by atoms with Gasteiger partial charge in [0.05, 0.1) is 162 Å². The SMILES string of the molecule is CC(=O)OC(COC(=O)CCC(=O)OC(COC(=O)CCC(=O)OCC[N+](C)(C)C)COC(=O)CCC(=O)OCC[N+](C)(C)C)COC(=O)CCC(=O)OC(COC(=O)CCC(=O)OCC[N+](C)(C)C)COC(=O)CCC(=O)OCC[N+](C)(C)C. The molecule has 0 atom stereocenters. The summed E-state index contributed by atoms with van der Waals surface area (Å²) in [5, 5.41) is 0. The summed E-state index contributed by atoms with van der Waals surface area (Å²) in [4.78, 5) is 162. The van der Waals surface area contributed by atoms with E-state index in [9.17, 15) is 62.3 Å². The van der Waals surface area contributed by atoms with Crippen LogP contribution in [0.1, 0.15) is 84.0 Å². The van der Waals surface area contributed by atoms with Crippen LogP contribution >= 0.6 is 0 Å². The van der Waals surface area contributed by atoms with Gasteiger partial charge in [0.15, 0.2) is 18.3 Å². The van der Waals surface area contributed by atoms with E-state index in [1.807, 2.05) is 84.6 Å². The molecule has 0 spiro atoms. The van der Waals surface area contributed by atoms with Gasteiger partial charge < -0.3 is 79.5 Å². The third-order valence-electron chi connectivity index (χ3n) is 10.8. The molecule has 0 aromatic carbocycles. The minimum Gasteiger partial charge on any atom is -0.462 e. The Balaban J connectivity index is 5.47. The Kier molecular flexibility index (Phi) is 37.7. The maximum absolute atomic E-state index is 12.9. The second-order valence-electron chi connectivity index (χ2n) is 23.5. The summed E-state index contributed by atoms with van der Waals surface area (Å²) in [7, 11) is 22.9. The van der Waals surface area contributed by atoms with Crippen LogP contribution in [0, 0.1) is 0 Å². The van der Waals surface area contributed by atoms with E-state index in [1.54, 1.807) is 0 Å². The normalized spacial score (nSPS) is 11.6. The molecule has 0 bridgehead atoms. The smallest absolute Gasteiger partial charge is 0.306 e. The highest BCUT2D eigenvalue weighted by atomic mass is 16.6. The first-order valence-electron chi connectivity index (χ1n) is 27.7. The quantitative estimate of drug-likeness (QED) is 0.0428. The molecule has 0 N–H and O–H groups in total. The number of carbonyl (C=O) groups is 13. The zero-order chi connectivity index (χ0) is 64.8. The summed E-state index contributed by atoms with van der Waals surface area (Å²) in [6.45, 7) is -0.258. The number of quaternary nitrogens is 4. The highest BCUT2D eigenvalue weighted by Crippen LogP contribution is 2.10. The Bertz CT molecular complexity index is 1930. The third-order valence-corrected chi connectivity index (χ3v) is 10.8. The number of likely N-dealkylation sites (N-methyl/N-ethyl adjacent to an activating group) is 4. The molecule has 0 heterocycles. The maximum Gasteiger partial charge on any atom is 0.306 e. The van der Waals surface area contributed by atoms with E-state index in [4.69, 9.17) is 61.6 Å². The van der Waals surface area contributed by atoms with E-state index in [0.717, 1.165) is 6.92 Å². The summed E-state index contributed by atoms with van der Waals surface area (Å²) in [5.74, 6) is -11.0. The Labute approximate surface area is 497 Å². The van der Waals surface area contributed by atoms with Crippen LogP contribution in [0.15, 0.2) is 0 Å². The molecule has 0 aromatic heterocycles. The second kappa shape index (κ2) is 41.1. The van der Waals surface area contributed by atoms with Gasteiger partial charge in [0, 0.05) is 6.92 Å². The molecular weight excluding hydrogens is 1130 g/mol. The first-order chi connectivity index (χ1) is 39.4. The zero-order valence-electron chi connectivity index (χ0n) is 52.0. The van der Waals surface area contributed by atoms with E-state index >= 15 is 0 Å². The molecular formula is C55H94N4O26+4. The van der Waals surface area contributed by atoms with Gasteiger partial charge in [0.25, 0.3) is 0 Å². The molecule has 30 nitrogen and oxygen atoms in total. The molecule has 30 heteroatoms. The molecule has 0 saturated carbocycles. The van der Waals surface area contributed by atoms with Crippen LogP contribution in [0.5, 0.6) is 0 Å². The average Bonchev–Trinajstić information content (AvgIpc) is 3.43. The summed E-state index contributed by atoms with van der Waals surface area (Å²) in [6.07, 6.45) is -9.41. The van der Waals surface area contributed by atoms with E-state index in [1.165, 1.54) is 0 Å². The molecule has 0 saturated heterocycles. The van der Waals surface area contributed by atoms with Crippen molar-refractivity contribution in [2.45, 2.75) is 102 Å². The van der Waals surface area contributed by atoms with Gasteiger partial charge in [-0.25, -0.2) is 0 Å². The highest BCUT2D eigenvalue weighted by molar-refractivity contribution is 5.81. The molecule has 0 rings (SSSR count). The Morgan fingerprint density at radius 3 is 0.553 bits per heavy atom. The van der Waals surface area contributed by atoms with Crippen molar-refractivity contribution in [3.63, 3.8) is 0 Å². The first kappa shape index (κ1) is 78.0. The lowest BCUT2D eigenvalue weighted by atomic mass is 10.3. The lowest BCUT2D eigenvalue weighted by Gasteiger charge is -2.23. The molecule has 0 aliphatic heterocycles. The Hall–Kier alpha value is -7.05. The topological polar surface area (TPSA) is 342 Å². The molecule has 486 valence electrons. The van der Waals surface area contributed by atoms with E-state index < -0.39 is 161 Å². The van der Waals surface area contributed by atoms with Crippen molar-refractivity contribution in [3.8, 4) is 0 Å². The van der Waals surface area contributed by atoms with E-state index in [-0.39, 0.29) is 77.8 Å². The first-order valence-corrected chi connectivity index (χ1v) is 27.7. The van der Waals surface area contributed by atoms with Crippen molar-refractivity contribution in [1.29, 1.82) is 0 Å². The van der Waals surface area contributed by atoms with Gasteiger partial charge in [0.2, 0.25) is 0 Å². The predicted molar refractivity (Wildman–Crippen MR) is 292 cm³/mol. The Morgan fingerprint density at radius 2 is 0.388 bits per heavy atom. The number of rotatable bonds is 45. The molecule has 0 radical (unpaired) electrons. The van der Waals surface area contributed by atoms with Crippen molar-refractivity contribution in [2.24, 2.45) is 0 Å². The fourth-order valence-corrected chi connectivity index (χ4v) is 5.87. The Morgan fingerprint density at radius 1 is 0.235 bits per heavy atom. The highest BCUT2D eigenvalue weighted by Gasteiger charge is 2.26. The van der Waals surface area contributed by atoms with Gasteiger partial charge in [-0.05, 0) is 0 Å². The van der Waals surface area contributed by atoms with Gasteiger partial charge in [-0.1, -0.05) is 0 Å². The lowest BCUT2D eigenvalue weighted by Crippen LogP contribution is -2.38. The van der Waals surface area contributed by atoms with Crippen molar-refractivity contribution >= 4 is 77.6 Å². The van der Waals surface area contributed by atoms with Crippen LogP contribution in [-0.4, -0.2) is 291 Å². The molecule has 0 fully saturated rings. The molecule has 0 aliphatic carbocycles. The van der Waals surface area contributed by atoms with Gasteiger partial charge in [-0.2, -0.15) is 0 Å². The van der Waals surface area contributed by atoms with Crippen molar-refractivity contribution < 1.29 is 142 Å². The van der Waals surface area contributed by atoms with Gasteiger partial charge >= 0.3 is 77.6 Å². The van der Waals surface area contributed by atoms with E-state index in [0.29, 0.717) is 44.1 Å². The number of hydrogen-bond acceptors (Lipinski definition) is 26. The fourth-order valence-electron chi connectivity index (χ4n) is 5.87. The van der Waals surface area contributed by atoms with Crippen molar-refractivity contribution in [3.05, 3.63) is 0 Å². The number of esters is 13. The monoisotopic (exact) mass is 1230 g/mol. The van der Waals surface area contributed by atoms with Crippen LogP contribution in [0.3, 0.4) is 0 Å². The van der Waals surface area contributed by atoms with Crippen LogP contribution < -0.4 is 0 Å². The van der Waals surface area contributed by atoms with Gasteiger partial charge in [-0.15, -0.1) is 0 Å². The van der Waals surface area contributed by atoms with Crippen molar-refractivity contribution in [2.75, 3.05) is 177 Å². The summed E-state index contributed by atoms with van der Waals surface area (Å²) >= 11 is 0. The zero-order valence-corrected chi connectivity index (χ0v) is 52.0. The lowest BCUT2D eigenvalue weighted by molar-refractivity contribution is -0.870. The second-order valence-corrected chi connectivity index (χ2v) is 23.5. The molecule has 0 aliphatic rings. The predicted octanol–water partition coefficient (Wildman–Crippen LogP) is -0.320. The number of hydrogen-bond donors (Lipinski definition) is 0. The number of nitrogens with zero attached hydrogens (tertiary/aromatic N) is 4. The van der Waals surface area contributed by atoms with Gasteiger partial charge in [0.1, 0.15) is 92.2 Å². The van der Waals surface area contributed by atoms with Crippen LogP contribution in [0.2, 0.25) is 0 Å². The average molecular weight is 1230 g/mol. The molecule has 85 heavy (non-hydrogen) atoms. The fraction of sp³-hybridized carbons (Fsp3) is 0.764. The molecule has 0 aromatic rings. The third kappa shape index (κ3) is 50.0. The van der Waals surface area contributed by atoms with Crippen LogP contribution in [-0.2, 0) is 124 Å². The van der Waals surface area contributed by atoms with Gasteiger partial charge in [-0.3, -0.25) is 62.3 Å². The molecule has 0 amide bonds. The van der Waals surface area contributed by atoms with E-state index in [2.05, 4.69) is 0 Å². The summed E-state index contributed by atoms with van der Waals surface area (Å²) in [6, 6.07) is 0. The largest absolute Gasteiger partial charge is 0.462 e. The minimum absolute atomic E-state index is 0.122. The van der Waals surface area contributed by atoms with Crippen LogP contribution in [0.25, 0.3) is 0 Å². The standard InChI is InChI=1S/C55H94N4O26/c1-40(60)83-41(34-77-52(69)22-24-54(71)84-42(36-79-48(65)18-14-44(61)73-30-26-56(2,3)4)37-80-49(66)19-15-45(62)74-31-27-57(5,6)7)35-78-53(70)23-25-55(72)85-43(38-81-50(67)20-16-46(63)75-32-28-58(8,9)10)39-82-51(68)21-17-47(64)76-33-29-59(11,12)13/h41-43H,14-39H2,1-13H3/q+4. The van der Waals surface area contributed by atoms with Crippen LogP contribution in [0.4, 0.5) is 0 Å². The summed E-state index contributed by atoms with van der Waals surface area (Å²) in [5.41, 5.74) is 0.